The molecular weight excluding hydrogens is 407 g/mol. The van der Waals surface area contributed by atoms with Crippen molar-refractivity contribution < 1.29 is 4.39 Å². The van der Waals surface area contributed by atoms with E-state index in [0.717, 1.165) is 22.8 Å². The number of rotatable bonds is 4. The Morgan fingerprint density at radius 3 is 2.45 bits per heavy atom. The summed E-state index contributed by atoms with van der Waals surface area (Å²) in [4.78, 5) is 6.65. The van der Waals surface area contributed by atoms with Crippen LogP contribution < -0.4 is 10.2 Å². The molecule has 4 aromatic rings. The van der Waals surface area contributed by atoms with Gasteiger partial charge in [0.25, 0.3) is 0 Å². The van der Waals surface area contributed by atoms with Crippen molar-refractivity contribution in [1.29, 1.82) is 0 Å². The second kappa shape index (κ2) is 7.96. The Hall–Kier alpha value is -3.51. The first-order valence-corrected chi connectivity index (χ1v) is 10.5. The normalized spacial score (nSPS) is 18.3. The van der Waals surface area contributed by atoms with Crippen LogP contribution in [0.25, 0.3) is 5.69 Å². The summed E-state index contributed by atoms with van der Waals surface area (Å²) in [5.74, 6) is -0.275. The highest BCUT2D eigenvalue weighted by Gasteiger charge is 2.42. The third-order valence-corrected chi connectivity index (χ3v) is 5.98. The van der Waals surface area contributed by atoms with Gasteiger partial charge in [-0.15, -0.1) is 0 Å². The van der Waals surface area contributed by atoms with Crippen LogP contribution in [0.2, 0.25) is 0 Å². The Labute approximate surface area is 186 Å². The van der Waals surface area contributed by atoms with E-state index in [-0.39, 0.29) is 17.9 Å². The highest BCUT2D eigenvalue weighted by molar-refractivity contribution is 7.80. The number of thiocarbonyl (C=S) groups is 1. The van der Waals surface area contributed by atoms with Crippen molar-refractivity contribution in [3.05, 3.63) is 114 Å². The summed E-state index contributed by atoms with van der Waals surface area (Å²) in [7, 11) is 0. The smallest absolute Gasteiger partial charge is 0.174 e. The molecule has 154 valence electrons. The van der Waals surface area contributed by atoms with E-state index in [2.05, 4.69) is 51.1 Å². The molecule has 2 atom stereocenters. The van der Waals surface area contributed by atoms with Gasteiger partial charge in [0, 0.05) is 29.5 Å². The molecule has 0 bridgehead atoms. The second-order valence-electron chi connectivity index (χ2n) is 7.56. The molecule has 4 nitrogen and oxygen atoms in total. The first-order valence-electron chi connectivity index (χ1n) is 10.1. The van der Waals surface area contributed by atoms with E-state index >= 15 is 0 Å². The maximum Gasteiger partial charge on any atom is 0.174 e. The lowest BCUT2D eigenvalue weighted by atomic mass is 10.0. The second-order valence-corrected chi connectivity index (χ2v) is 7.95. The standard InChI is InChI=1S/C25H21FN4S/c1-17-7-2-3-9-21(17)29-16-6-10-22(29)24-23(20-8-4-5-15-27-20)28-25(31)30(24)19-13-11-18(26)12-14-19/h2-16,23-24H,1H3,(H,28,31)/t23-,24+/m1/s1. The molecule has 2 aromatic heterocycles. The zero-order valence-electron chi connectivity index (χ0n) is 16.9. The number of para-hydroxylation sites is 1. The maximum atomic E-state index is 13.6. The predicted octanol–water partition coefficient (Wildman–Crippen LogP) is 5.50. The number of benzene rings is 2. The quantitative estimate of drug-likeness (QED) is 0.435. The van der Waals surface area contributed by atoms with E-state index in [1.807, 2.05) is 36.4 Å². The van der Waals surface area contributed by atoms with Gasteiger partial charge in [-0.1, -0.05) is 24.3 Å². The molecule has 0 amide bonds. The molecule has 0 unspecified atom stereocenters. The van der Waals surface area contributed by atoms with E-state index in [9.17, 15) is 4.39 Å². The summed E-state index contributed by atoms with van der Waals surface area (Å²) in [6, 6.07) is 24.4. The Morgan fingerprint density at radius 1 is 0.935 bits per heavy atom. The van der Waals surface area contributed by atoms with Gasteiger partial charge in [-0.05, 0) is 79.3 Å². The minimum atomic E-state index is -0.275. The lowest BCUT2D eigenvalue weighted by molar-refractivity contribution is 0.549. The summed E-state index contributed by atoms with van der Waals surface area (Å²) >= 11 is 5.75. The lowest BCUT2D eigenvalue weighted by Gasteiger charge is -2.29. The van der Waals surface area contributed by atoms with E-state index in [1.54, 1.807) is 18.3 Å². The van der Waals surface area contributed by atoms with Crippen molar-refractivity contribution in [3.63, 3.8) is 0 Å². The van der Waals surface area contributed by atoms with Crippen LogP contribution in [-0.2, 0) is 0 Å². The first-order chi connectivity index (χ1) is 15.1. The SMILES string of the molecule is Cc1ccccc1-n1cccc1[C@H]1[C@@H](c2ccccn2)NC(=S)N1c1ccc(F)cc1. The fraction of sp³-hybridized carbons (Fsp3) is 0.120. The molecule has 0 aliphatic carbocycles. The third kappa shape index (κ3) is 3.49. The van der Waals surface area contributed by atoms with Crippen LogP contribution in [0.1, 0.15) is 29.0 Å². The van der Waals surface area contributed by atoms with Crippen LogP contribution in [-0.4, -0.2) is 14.7 Å². The summed E-state index contributed by atoms with van der Waals surface area (Å²) in [5.41, 5.74) is 5.09. The Balaban J connectivity index is 1.68. The van der Waals surface area contributed by atoms with Crippen LogP contribution in [0, 0.1) is 12.7 Å². The fourth-order valence-corrected chi connectivity index (χ4v) is 4.57. The number of nitrogens with one attached hydrogen (secondary N) is 1. The van der Waals surface area contributed by atoms with Crippen LogP contribution >= 0.6 is 12.2 Å². The fourth-order valence-electron chi connectivity index (χ4n) is 4.22. The number of anilines is 1. The molecule has 3 heterocycles. The molecule has 5 rings (SSSR count). The first kappa shape index (κ1) is 19.5. The van der Waals surface area contributed by atoms with Gasteiger partial charge in [0.1, 0.15) is 11.9 Å². The van der Waals surface area contributed by atoms with E-state index in [4.69, 9.17) is 12.2 Å². The molecule has 1 aliphatic rings. The largest absolute Gasteiger partial charge is 0.351 e. The highest BCUT2D eigenvalue weighted by Crippen LogP contribution is 2.42. The van der Waals surface area contributed by atoms with Gasteiger partial charge in [0.15, 0.2) is 5.11 Å². The van der Waals surface area contributed by atoms with Gasteiger partial charge in [-0.3, -0.25) is 4.98 Å². The molecule has 31 heavy (non-hydrogen) atoms. The number of hydrogen-bond donors (Lipinski definition) is 1. The molecule has 1 aliphatic heterocycles. The summed E-state index contributed by atoms with van der Waals surface area (Å²) in [6.07, 6.45) is 3.86. The highest BCUT2D eigenvalue weighted by atomic mass is 32.1. The van der Waals surface area contributed by atoms with Crippen LogP contribution in [0.15, 0.2) is 91.3 Å². The summed E-state index contributed by atoms with van der Waals surface area (Å²) in [6.45, 7) is 2.10. The van der Waals surface area contributed by atoms with Crippen molar-refractivity contribution >= 4 is 23.0 Å². The Bertz CT molecular complexity index is 1220. The van der Waals surface area contributed by atoms with E-state index < -0.39 is 0 Å². The minimum Gasteiger partial charge on any atom is -0.351 e. The monoisotopic (exact) mass is 428 g/mol. The number of aryl methyl sites for hydroxylation is 1. The molecule has 6 heteroatoms. The van der Waals surface area contributed by atoms with Crippen molar-refractivity contribution in [1.82, 2.24) is 14.9 Å². The number of hydrogen-bond acceptors (Lipinski definition) is 2. The molecule has 1 saturated heterocycles. The van der Waals surface area contributed by atoms with Gasteiger partial charge in [0.2, 0.25) is 0 Å². The van der Waals surface area contributed by atoms with Crippen LogP contribution in [0.3, 0.4) is 0 Å². The third-order valence-electron chi connectivity index (χ3n) is 5.66. The molecule has 0 saturated carbocycles. The van der Waals surface area contributed by atoms with Gasteiger partial charge in [0.05, 0.1) is 11.7 Å². The molecule has 1 N–H and O–H groups in total. The predicted molar refractivity (Wildman–Crippen MR) is 125 cm³/mol. The van der Waals surface area contributed by atoms with Crippen molar-refractivity contribution in [3.8, 4) is 5.69 Å². The molecule has 2 aromatic carbocycles. The summed E-state index contributed by atoms with van der Waals surface area (Å²) in [5, 5.41) is 4.04. The van der Waals surface area contributed by atoms with E-state index in [0.29, 0.717) is 5.11 Å². The van der Waals surface area contributed by atoms with Crippen LogP contribution in [0.4, 0.5) is 10.1 Å². The number of aromatic nitrogens is 2. The average molecular weight is 429 g/mol. The van der Waals surface area contributed by atoms with Gasteiger partial charge in [-0.2, -0.15) is 0 Å². The molecule has 0 radical (unpaired) electrons. The van der Waals surface area contributed by atoms with Crippen molar-refractivity contribution in [2.24, 2.45) is 0 Å². The average Bonchev–Trinajstić information content (AvgIpc) is 3.39. The topological polar surface area (TPSA) is 33.1 Å². The van der Waals surface area contributed by atoms with Gasteiger partial charge in [-0.25, -0.2) is 4.39 Å². The number of halogens is 1. The lowest BCUT2D eigenvalue weighted by Crippen LogP contribution is -2.30. The zero-order chi connectivity index (χ0) is 21.4. The number of nitrogens with zero attached hydrogens (tertiary/aromatic N) is 3. The molecule has 1 fully saturated rings. The zero-order valence-corrected chi connectivity index (χ0v) is 17.8. The van der Waals surface area contributed by atoms with Gasteiger partial charge < -0.3 is 14.8 Å². The van der Waals surface area contributed by atoms with Crippen molar-refractivity contribution in [2.75, 3.05) is 4.90 Å². The Morgan fingerprint density at radius 2 is 1.71 bits per heavy atom. The van der Waals surface area contributed by atoms with Crippen LogP contribution in [0.5, 0.6) is 0 Å². The molecule has 0 spiro atoms. The van der Waals surface area contributed by atoms with Crippen molar-refractivity contribution in [2.45, 2.75) is 19.0 Å². The Kier molecular flexibility index (Phi) is 5.00. The number of pyridine rings is 1. The molecular formula is C25H21FN4S. The van der Waals surface area contributed by atoms with E-state index in [1.165, 1.54) is 17.7 Å². The minimum absolute atomic E-state index is 0.156. The van der Waals surface area contributed by atoms with Gasteiger partial charge >= 0.3 is 0 Å². The maximum absolute atomic E-state index is 13.6. The summed E-state index contributed by atoms with van der Waals surface area (Å²) < 4.78 is 15.8.